The van der Waals surface area contributed by atoms with Crippen molar-refractivity contribution in [2.45, 2.75) is 5.03 Å². The molecule has 3 rings (SSSR count). The molecule has 0 radical (unpaired) electrons. The summed E-state index contributed by atoms with van der Waals surface area (Å²) in [5.74, 6) is 0.365. The summed E-state index contributed by atoms with van der Waals surface area (Å²) in [7, 11) is 0. The lowest BCUT2D eigenvalue weighted by molar-refractivity contribution is -0.0196. The highest BCUT2D eigenvalue weighted by Gasteiger charge is 2.24. The van der Waals surface area contributed by atoms with Crippen LogP contribution in [0.2, 0.25) is 0 Å². The van der Waals surface area contributed by atoms with Crippen molar-refractivity contribution in [3.05, 3.63) is 35.1 Å². The summed E-state index contributed by atoms with van der Waals surface area (Å²) in [5, 5.41) is 28.5. The molecule has 0 spiro atoms. The first-order chi connectivity index (χ1) is 13.6. The van der Waals surface area contributed by atoms with E-state index in [1.54, 1.807) is 6.07 Å². The fourth-order valence-electron chi connectivity index (χ4n) is 2.70. The van der Waals surface area contributed by atoms with Gasteiger partial charge in [-0.1, -0.05) is 6.07 Å². The number of nitrogens with zero attached hydrogens (tertiary/aromatic N) is 3. The summed E-state index contributed by atoms with van der Waals surface area (Å²) >= 11 is 1.37. The van der Waals surface area contributed by atoms with Crippen LogP contribution >= 0.6 is 11.8 Å². The highest BCUT2D eigenvalue weighted by Crippen LogP contribution is 2.37. The zero-order valence-corrected chi connectivity index (χ0v) is 15.6. The minimum Gasteiger partial charge on any atom is -0.488 e. The molecule has 1 aliphatic heterocycles. The number of aliphatic hydroxyl groups is 1. The van der Waals surface area contributed by atoms with Gasteiger partial charge in [-0.15, -0.1) is 11.8 Å². The Bertz CT molecular complexity index is 967. The summed E-state index contributed by atoms with van der Waals surface area (Å²) in [6, 6.07) is 8.16. The van der Waals surface area contributed by atoms with Crippen molar-refractivity contribution in [3.63, 3.8) is 0 Å². The number of rotatable bonds is 7. The molecule has 1 aliphatic rings. The number of ether oxygens (including phenoxy) is 2. The van der Waals surface area contributed by atoms with Crippen molar-refractivity contribution in [1.82, 2.24) is 4.98 Å². The minimum atomic E-state index is -0.671. The summed E-state index contributed by atoms with van der Waals surface area (Å²) in [5.41, 5.74) is 6.73. The van der Waals surface area contributed by atoms with E-state index in [9.17, 15) is 14.9 Å². The smallest absolute Gasteiger partial charge is 0.165 e. The molecule has 9 heteroatoms. The van der Waals surface area contributed by atoms with E-state index in [2.05, 4.69) is 11.1 Å². The molecule has 0 unspecified atom stereocenters. The molecule has 7 nitrogen and oxygen atoms in total. The molecule has 3 N–H and O–H groups in total. The number of thioether (sulfide) groups is 1. The fourth-order valence-corrected chi connectivity index (χ4v) is 3.74. The van der Waals surface area contributed by atoms with E-state index < -0.39 is 5.82 Å². The summed E-state index contributed by atoms with van der Waals surface area (Å²) in [6.07, 6.45) is 0. The van der Waals surface area contributed by atoms with Gasteiger partial charge in [0, 0.05) is 17.2 Å². The summed E-state index contributed by atoms with van der Waals surface area (Å²) in [6.45, 7) is 1.03. The Morgan fingerprint density at radius 2 is 2.07 bits per heavy atom. The number of nitriles is 2. The Balaban J connectivity index is 2.05. The monoisotopic (exact) mass is 400 g/mol. The number of nitrogens with two attached hydrogens (primary N) is 1. The van der Waals surface area contributed by atoms with Crippen molar-refractivity contribution >= 4 is 17.6 Å². The van der Waals surface area contributed by atoms with Gasteiger partial charge in [0.2, 0.25) is 0 Å². The van der Waals surface area contributed by atoms with Gasteiger partial charge in [0.15, 0.2) is 11.6 Å². The van der Waals surface area contributed by atoms with Crippen molar-refractivity contribution in [3.8, 4) is 29.0 Å². The molecule has 2 aromatic rings. The standard InChI is InChI=1S/C19H17FN4O3S/c20-15-5-12(1-2-16(15)27-4-3-25)17-13(6-21)18(23)24-19(14(17)7-22)28-10-11-8-26-9-11/h1-2,5,11,25H,3-4,8-10H2,(H2,23,24). The molecule has 144 valence electrons. The topological polar surface area (TPSA) is 125 Å². The Kier molecular flexibility index (Phi) is 6.32. The number of aliphatic hydroxyl groups excluding tert-OH is 1. The molecule has 0 saturated carbocycles. The van der Waals surface area contributed by atoms with Gasteiger partial charge in [-0.3, -0.25) is 0 Å². The van der Waals surface area contributed by atoms with Crippen LogP contribution in [0.25, 0.3) is 11.1 Å². The number of aromatic nitrogens is 1. The van der Waals surface area contributed by atoms with E-state index in [1.807, 2.05) is 6.07 Å². The average molecular weight is 400 g/mol. The van der Waals surface area contributed by atoms with Gasteiger partial charge in [0.1, 0.15) is 35.2 Å². The molecule has 1 fully saturated rings. The molecule has 28 heavy (non-hydrogen) atoms. The second kappa shape index (κ2) is 8.89. The van der Waals surface area contributed by atoms with Crippen molar-refractivity contribution in [1.29, 1.82) is 10.5 Å². The molecule has 0 aliphatic carbocycles. The Morgan fingerprint density at radius 3 is 2.64 bits per heavy atom. The van der Waals surface area contributed by atoms with E-state index in [1.165, 1.54) is 23.9 Å². The third kappa shape index (κ3) is 4.02. The predicted octanol–water partition coefficient (Wildman–Crippen LogP) is 2.32. The zero-order chi connectivity index (χ0) is 20.1. The summed E-state index contributed by atoms with van der Waals surface area (Å²) < 4.78 is 24.7. The Labute approximate surface area is 165 Å². The van der Waals surface area contributed by atoms with E-state index in [0.29, 0.717) is 35.5 Å². The zero-order valence-electron chi connectivity index (χ0n) is 14.8. The van der Waals surface area contributed by atoms with Gasteiger partial charge in [-0.25, -0.2) is 9.37 Å². The van der Waals surface area contributed by atoms with Gasteiger partial charge in [0.25, 0.3) is 0 Å². The number of pyridine rings is 1. The van der Waals surface area contributed by atoms with E-state index in [0.717, 1.165) is 0 Å². The molecular formula is C19H17FN4O3S. The van der Waals surface area contributed by atoms with Gasteiger partial charge in [-0.2, -0.15) is 10.5 Å². The van der Waals surface area contributed by atoms with E-state index in [-0.39, 0.29) is 41.5 Å². The predicted molar refractivity (Wildman–Crippen MR) is 101 cm³/mol. The molecular weight excluding hydrogens is 383 g/mol. The van der Waals surface area contributed by atoms with Crippen LogP contribution in [-0.2, 0) is 4.74 Å². The third-order valence-electron chi connectivity index (χ3n) is 4.15. The normalized spacial score (nSPS) is 13.4. The SMILES string of the molecule is N#Cc1c(N)nc(SCC2COC2)c(C#N)c1-c1ccc(OCCO)c(F)c1. The van der Waals surface area contributed by atoms with Gasteiger partial charge < -0.3 is 20.3 Å². The molecule has 1 aromatic heterocycles. The van der Waals surface area contributed by atoms with E-state index >= 15 is 0 Å². The quantitative estimate of drug-likeness (QED) is 0.678. The maximum absolute atomic E-state index is 14.4. The number of nitrogen functional groups attached to an aromatic ring is 1. The van der Waals surface area contributed by atoms with Gasteiger partial charge in [0.05, 0.1) is 25.4 Å². The highest BCUT2D eigenvalue weighted by atomic mass is 32.2. The lowest BCUT2D eigenvalue weighted by Crippen LogP contribution is -2.29. The Morgan fingerprint density at radius 1 is 1.32 bits per heavy atom. The number of hydrogen-bond donors (Lipinski definition) is 2. The van der Waals surface area contributed by atoms with Crippen LogP contribution < -0.4 is 10.5 Å². The molecule has 1 aromatic carbocycles. The van der Waals surface area contributed by atoms with Crippen molar-refractivity contribution in [2.75, 3.05) is 37.9 Å². The third-order valence-corrected chi connectivity index (χ3v) is 5.35. The van der Waals surface area contributed by atoms with Crippen LogP contribution in [0.4, 0.5) is 10.2 Å². The van der Waals surface area contributed by atoms with Gasteiger partial charge in [-0.05, 0) is 17.7 Å². The number of benzene rings is 1. The lowest BCUT2D eigenvalue weighted by Gasteiger charge is -2.25. The fraction of sp³-hybridized carbons (Fsp3) is 0.316. The average Bonchev–Trinajstić information content (AvgIpc) is 2.65. The molecule has 0 atom stereocenters. The maximum atomic E-state index is 14.4. The van der Waals surface area contributed by atoms with Crippen LogP contribution in [0.15, 0.2) is 23.2 Å². The second-order valence-electron chi connectivity index (χ2n) is 6.08. The molecule has 0 bridgehead atoms. The second-order valence-corrected chi connectivity index (χ2v) is 7.09. The number of halogens is 1. The summed E-state index contributed by atoms with van der Waals surface area (Å²) in [4.78, 5) is 4.22. The first kappa shape index (κ1) is 19.9. The first-order valence-electron chi connectivity index (χ1n) is 8.46. The van der Waals surface area contributed by atoms with E-state index in [4.69, 9.17) is 20.3 Å². The molecule has 2 heterocycles. The van der Waals surface area contributed by atoms with Crippen LogP contribution in [0, 0.1) is 34.4 Å². The maximum Gasteiger partial charge on any atom is 0.165 e. The van der Waals surface area contributed by atoms with Crippen LogP contribution in [0.5, 0.6) is 5.75 Å². The van der Waals surface area contributed by atoms with Gasteiger partial charge >= 0.3 is 0 Å². The molecule has 1 saturated heterocycles. The van der Waals surface area contributed by atoms with Crippen LogP contribution in [0.3, 0.4) is 0 Å². The molecule has 0 amide bonds. The van der Waals surface area contributed by atoms with Crippen molar-refractivity contribution < 1.29 is 19.0 Å². The largest absolute Gasteiger partial charge is 0.488 e. The van der Waals surface area contributed by atoms with Crippen molar-refractivity contribution in [2.24, 2.45) is 5.92 Å². The Hall–Kier alpha value is -2.85. The highest BCUT2D eigenvalue weighted by molar-refractivity contribution is 7.99. The van der Waals surface area contributed by atoms with Crippen LogP contribution in [0.1, 0.15) is 11.1 Å². The number of hydrogen-bond acceptors (Lipinski definition) is 8. The number of anilines is 1. The minimum absolute atomic E-state index is 0.00938. The lowest BCUT2D eigenvalue weighted by atomic mass is 9.96. The first-order valence-corrected chi connectivity index (χ1v) is 9.45. The van der Waals surface area contributed by atoms with Crippen LogP contribution in [-0.4, -0.2) is 42.3 Å².